The molecular formula is C17H20F2N4O2S. The van der Waals surface area contributed by atoms with Gasteiger partial charge < -0.3 is 5.32 Å². The number of rotatable bonds is 5. The number of halogens is 2. The first-order valence-corrected chi connectivity index (χ1v) is 10.1. The first kappa shape index (κ1) is 18.8. The fourth-order valence-electron chi connectivity index (χ4n) is 3.12. The molecule has 1 aliphatic heterocycles. The molecule has 0 aliphatic carbocycles. The first-order valence-electron chi connectivity index (χ1n) is 8.26. The van der Waals surface area contributed by atoms with E-state index in [0.717, 1.165) is 6.07 Å². The van der Waals surface area contributed by atoms with Crippen LogP contribution in [0, 0.1) is 11.6 Å². The summed E-state index contributed by atoms with van der Waals surface area (Å²) in [4.78, 5) is 8.28. The normalized spacial score (nSPS) is 18.0. The zero-order chi connectivity index (χ0) is 18.7. The molecule has 9 heteroatoms. The van der Waals surface area contributed by atoms with E-state index in [9.17, 15) is 17.2 Å². The Hall–Kier alpha value is -1.97. The molecule has 1 saturated heterocycles. The molecule has 0 spiro atoms. The summed E-state index contributed by atoms with van der Waals surface area (Å²) in [5, 5.41) is 3.33. The molecule has 140 valence electrons. The molecule has 1 fully saturated rings. The van der Waals surface area contributed by atoms with E-state index in [-0.39, 0.29) is 11.6 Å². The van der Waals surface area contributed by atoms with Gasteiger partial charge in [0.25, 0.3) is 0 Å². The third-order valence-corrected chi connectivity index (χ3v) is 5.78. The standard InChI is InChI=1S/C17H20F2N4O2S/c1-26(24,25)23-8-4-13(5-9-23)22-17(16-11-20-6-7-21-16)14-3-2-12(18)10-15(14)19/h2-3,6-7,10-11,13,17,22H,4-5,8-9H2,1H3. The fourth-order valence-corrected chi connectivity index (χ4v) is 3.99. The molecule has 26 heavy (non-hydrogen) atoms. The SMILES string of the molecule is CS(=O)(=O)N1CCC(NC(c2cnccn2)c2ccc(F)cc2F)CC1. The maximum Gasteiger partial charge on any atom is 0.211 e. The Morgan fingerprint density at radius 2 is 1.96 bits per heavy atom. The second kappa shape index (κ2) is 7.73. The summed E-state index contributed by atoms with van der Waals surface area (Å²) in [5.41, 5.74) is 0.793. The Kier molecular flexibility index (Phi) is 5.59. The van der Waals surface area contributed by atoms with Crippen LogP contribution in [-0.4, -0.2) is 48.1 Å². The van der Waals surface area contributed by atoms with Crippen LogP contribution in [0.5, 0.6) is 0 Å². The minimum absolute atomic E-state index is 0.0236. The van der Waals surface area contributed by atoms with E-state index >= 15 is 0 Å². The van der Waals surface area contributed by atoms with Gasteiger partial charge in [0.2, 0.25) is 10.0 Å². The number of hydrogen-bond acceptors (Lipinski definition) is 5. The molecule has 0 saturated carbocycles. The third-order valence-electron chi connectivity index (χ3n) is 4.48. The molecule has 1 unspecified atom stereocenters. The zero-order valence-electron chi connectivity index (χ0n) is 14.3. The van der Waals surface area contributed by atoms with Crippen molar-refractivity contribution >= 4 is 10.0 Å². The molecule has 2 heterocycles. The Bertz CT molecular complexity index is 856. The summed E-state index contributed by atoms with van der Waals surface area (Å²) in [5.74, 6) is -1.31. The zero-order valence-corrected chi connectivity index (χ0v) is 15.1. The third kappa shape index (κ3) is 4.40. The second-order valence-corrected chi connectivity index (χ2v) is 8.31. The van der Waals surface area contributed by atoms with Crippen molar-refractivity contribution in [3.8, 4) is 0 Å². The number of aromatic nitrogens is 2. The lowest BCUT2D eigenvalue weighted by Gasteiger charge is -2.33. The van der Waals surface area contributed by atoms with Gasteiger partial charge >= 0.3 is 0 Å². The van der Waals surface area contributed by atoms with Crippen LogP contribution in [-0.2, 0) is 10.0 Å². The molecule has 0 bridgehead atoms. The van der Waals surface area contributed by atoms with Gasteiger partial charge in [0.1, 0.15) is 11.6 Å². The lowest BCUT2D eigenvalue weighted by Crippen LogP contribution is -2.45. The maximum absolute atomic E-state index is 14.3. The number of sulfonamides is 1. The van der Waals surface area contributed by atoms with E-state index in [0.29, 0.717) is 31.6 Å². The van der Waals surface area contributed by atoms with Gasteiger partial charge in [0.15, 0.2) is 0 Å². The van der Waals surface area contributed by atoms with E-state index in [4.69, 9.17) is 0 Å². The molecule has 0 radical (unpaired) electrons. The van der Waals surface area contributed by atoms with Crippen LogP contribution < -0.4 is 5.32 Å². The second-order valence-electron chi connectivity index (χ2n) is 6.33. The molecule has 0 amide bonds. The molecule has 3 rings (SSSR count). The summed E-state index contributed by atoms with van der Waals surface area (Å²) >= 11 is 0. The Labute approximate surface area is 151 Å². The van der Waals surface area contributed by atoms with Crippen LogP contribution in [0.25, 0.3) is 0 Å². The lowest BCUT2D eigenvalue weighted by molar-refractivity contribution is 0.279. The van der Waals surface area contributed by atoms with Gasteiger partial charge in [-0.05, 0) is 18.9 Å². The minimum atomic E-state index is -3.21. The van der Waals surface area contributed by atoms with Gasteiger partial charge in [0.05, 0.1) is 24.2 Å². The Morgan fingerprint density at radius 3 is 2.54 bits per heavy atom. The van der Waals surface area contributed by atoms with Crippen molar-refractivity contribution in [2.45, 2.75) is 24.9 Å². The van der Waals surface area contributed by atoms with Crippen molar-refractivity contribution in [3.05, 3.63) is 59.7 Å². The van der Waals surface area contributed by atoms with Crippen LogP contribution in [0.15, 0.2) is 36.8 Å². The predicted octanol–water partition coefficient (Wildman–Crippen LogP) is 1.86. The van der Waals surface area contributed by atoms with Gasteiger partial charge in [-0.1, -0.05) is 6.07 Å². The van der Waals surface area contributed by atoms with Crippen LogP contribution in [0.2, 0.25) is 0 Å². The van der Waals surface area contributed by atoms with Gasteiger partial charge in [-0.3, -0.25) is 9.97 Å². The summed E-state index contributed by atoms with van der Waals surface area (Å²) in [6.45, 7) is 0.797. The van der Waals surface area contributed by atoms with Crippen molar-refractivity contribution in [2.75, 3.05) is 19.3 Å². The average molecular weight is 382 g/mol. The van der Waals surface area contributed by atoms with E-state index in [1.54, 1.807) is 0 Å². The largest absolute Gasteiger partial charge is 0.302 e. The van der Waals surface area contributed by atoms with Gasteiger partial charge in [-0.2, -0.15) is 0 Å². The van der Waals surface area contributed by atoms with E-state index < -0.39 is 27.7 Å². The lowest BCUT2D eigenvalue weighted by atomic mass is 9.99. The summed E-state index contributed by atoms with van der Waals surface area (Å²) in [6, 6.07) is 2.81. The first-order chi connectivity index (χ1) is 12.3. The van der Waals surface area contributed by atoms with Crippen LogP contribution in [0.1, 0.15) is 30.1 Å². The van der Waals surface area contributed by atoms with Crippen LogP contribution >= 0.6 is 0 Å². The quantitative estimate of drug-likeness (QED) is 0.854. The van der Waals surface area contributed by atoms with Gasteiger partial charge in [-0.25, -0.2) is 21.5 Å². The average Bonchev–Trinajstić information content (AvgIpc) is 2.61. The van der Waals surface area contributed by atoms with Crippen LogP contribution in [0.3, 0.4) is 0 Å². The number of nitrogens with zero attached hydrogens (tertiary/aromatic N) is 3. The highest BCUT2D eigenvalue weighted by atomic mass is 32.2. The molecule has 1 atom stereocenters. The van der Waals surface area contributed by atoms with Crippen molar-refractivity contribution in [1.29, 1.82) is 0 Å². The fraction of sp³-hybridized carbons (Fsp3) is 0.412. The summed E-state index contributed by atoms with van der Waals surface area (Å²) in [6.07, 6.45) is 6.94. The number of nitrogens with one attached hydrogen (secondary N) is 1. The highest BCUT2D eigenvalue weighted by Crippen LogP contribution is 2.26. The molecule has 6 nitrogen and oxygen atoms in total. The molecule has 1 N–H and O–H groups in total. The van der Waals surface area contributed by atoms with E-state index in [1.807, 2.05) is 0 Å². The Balaban J connectivity index is 1.82. The van der Waals surface area contributed by atoms with Crippen molar-refractivity contribution in [2.24, 2.45) is 0 Å². The molecule has 1 aromatic heterocycles. The van der Waals surface area contributed by atoms with Gasteiger partial charge in [0, 0.05) is 43.2 Å². The molecular weight excluding hydrogens is 362 g/mol. The molecule has 1 aromatic carbocycles. The molecule has 2 aromatic rings. The van der Waals surface area contributed by atoms with Crippen LogP contribution in [0.4, 0.5) is 8.78 Å². The Morgan fingerprint density at radius 1 is 1.23 bits per heavy atom. The highest BCUT2D eigenvalue weighted by Gasteiger charge is 2.28. The minimum Gasteiger partial charge on any atom is -0.302 e. The van der Waals surface area contributed by atoms with Crippen molar-refractivity contribution in [3.63, 3.8) is 0 Å². The van der Waals surface area contributed by atoms with Crippen molar-refractivity contribution in [1.82, 2.24) is 19.6 Å². The highest BCUT2D eigenvalue weighted by molar-refractivity contribution is 7.88. The monoisotopic (exact) mass is 382 g/mol. The molecule has 1 aliphatic rings. The summed E-state index contributed by atoms with van der Waals surface area (Å²) < 4.78 is 52.3. The number of hydrogen-bond donors (Lipinski definition) is 1. The number of benzene rings is 1. The summed E-state index contributed by atoms with van der Waals surface area (Å²) in [7, 11) is -3.21. The predicted molar refractivity (Wildman–Crippen MR) is 92.8 cm³/mol. The topological polar surface area (TPSA) is 75.2 Å². The maximum atomic E-state index is 14.3. The van der Waals surface area contributed by atoms with Crippen molar-refractivity contribution < 1.29 is 17.2 Å². The van der Waals surface area contributed by atoms with Gasteiger partial charge in [-0.15, -0.1) is 0 Å². The smallest absolute Gasteiger partial charge is 0.211 e. The van der Waals surface area contributed by atoms with E-state index in [2.05, 4.69) is 15.3 Å². The van der Waals surface area contributed by atoms with E-state index in [1.165, 1.54) is 41.3 Å². The number of piperidine rings is 1.